The summed E-state index contributed by atoms with van der Waals surface area (Å²) in [6.07, 6.45) is 2.03. The first-order valence-electron chi connectivity index (χ1n) is 3.66. The Bertz CT molecular complexity index is 319. The quantitative estimate of drug-likeness (QED) is 0.724. The summed E-state index contributed by atoms with van der Waals surface area (Å²) in [4.78, 5) is 11.6. The van der Waals surface area contributed by atoms with E-state index in [4.69, 9.17) is 0 Å². The second-order valence-electron chi connectivity index (χ2n) is 2.62. The van der Waals surface area contributed by atoms with Gasteiger partial charge < -0.3 is 0 Å². The van der Waals surface area contributed by atoms with Gasteiger partial charge in [0.2, 0.25) is 0 Å². The van der Waals surface area contributed by atoms with Crippen LogP contribution in [0.25, 0.3) is 0 Å². The summed E-state index contributed by atoms with van der Waals surface area (Å²) in [5.41, 5.74) is 2.62. The maximum atomic E-state index is 10.7. The van der Waals surface area contributed by atoms with E-state index in [1.807, 2.05) is 11.8 Å². The van der Waals surface area contributed by atoms with Crippen LogP contribution in [0.15, 0.2) is 3.79 Å². The van der Waals surface area contributed by atoms with Crippen molar-refractivity contribution < 1.29 is 4.79 Å². The molecule has 0 aliphatic carbocycles. The van der Waals surface area contributed by atoms with E-state index in [2.05, 4.69) is 15.9 Å². The molecule has 1 nitrogen and oxygen atoms in total. The van der Waals surface area contributed by atoms with Gasteiger partial charge in [-0.1, -0.05) is 0 Å². The summed E-state index contributed by atoms with van der Waals surface area (Å²) in [7, 11) is 0. The Morgan fingerprint density at radius 3 is 3.00 bits per heavy atom. The van der Waals surface area contributed by atoms with Crippen LogP contribution in [0, 0.1) is 0 Å². The highest BCUT2D eigenvalue weighted by Crippen LogP contribution is 2.38. The lowest BCUT2D eigenvalue weighted by Crippen LogP contribution is -2.01. The molecule has 0 bridgehead atoms. The number of halogens is 1. The van der Waals surface area contributed by atoms with Gasteiger partial charge in [-0.05, 0) is 39.2 Å². The Morgan fingerprint density at radius 1 is 1.42 bits per heavy atom. The van der Waals surface area contributed by atoms with Gasteiger partial charge in [-0.25, -0.2) is 0 Å². The molecule has 2 heterocycles. The fourth-order valence-corrected chi connectivity index (χ4v) is 4.45. The number of hydrogen-bond donors (Lipinski definition) is 0. The molecule has 1 aliphatic rings. The molecule has 1 aromatic rings. The molecule has 0 unspecified atom stereocenters. The lowest BCUT2D eigenvalue weighted by molar-refractivity contribution is 0.112. The molecule has 2 rings (SSSR count). The normalized spacial score (nSPS) is 15.8. The number of carbonyl (C=O) groups is 1. The zero-order valence-electron chi connectivity index (χ0n) is 6.30. The number of aldehydes is 1. The van der Waals surface area contributed by atoms with Crippen LogP contribution in [0.4, 0.5) is 0 Å². The smallest absolute Gasteiger partial charge is 0.160 e. The molecule has 0 aromatic carbocycles. The van der Waals surface area contributed by atoms with Crippen LogP contribution in [0.2, 0.25) is 0 Å². The minimum absolute atomic E-state index is 0.914. The Labute approximate surface area is 87.7 Å². The van der Waals surface area contributed by atoms with Crippen LogP contribution >= 0.6 is 39.0 Å². The van der Waals surface area contributed by atoms with E-state index in [-0.39, 0.29) is 0 Å². The van der Waals surface area contributed by atoms with Crippen molar-refractivity contribution in [3.8, 4) is 0 Å². The standard InChI is InChI=1S/C8H7BrOS2/c9-8-6-4-11-2-1-5(6)7(3-10)12-8/h3H,1-2,4H2. The van der Waals surface area contributed by atoms with Crippen molar-refractivity contribution in [3.05, 3.63) is 19.8 Å². The van der Waals surface area contributed by atoms with Gasteiger partial charge >= 0.3 is 0 Å². The average molecular weight is 263 g/mol. The summed E-state index contributed by atoms with van der Waals surface area (Å²) in [5, 5.41) is 0. The molecule has 12 heavy (non-hydrogen) atoms. The van der Waals surface area contributed by atoms with E-state index >= 15 is 0 Å². The maximum Gasteiger partial charge on any atom is 0.160 e. The van der Waals surface area contributed by atoms with E-state index in [0.29, 0.717) is 0 Å². The minimum Gasteiger partial charge on any atom is -0.297 e. The Hall–Kier alpha value is 0.200. The first-order chi connectivity index (χ1) is 5.83. The largest absolute Gasteiger partial charge is 0.297 e. The van der Waals surface area contributed by atoms with E-state index in [0.717, 1.165) is 32.9 Å². The van der Waals surface area contributed by atoms with Crippen molar-refractivity contribution in [2.45, 2.75) is 12.2 Å². The second-order valence-corrected chi connectivity index (χ2v) is 6.09. The molecule has 0 spiro atoms. The lowest BCUT2D eigenvalue weighted by Gasteiger charge is -2.11. The van der Waals surface area contributed by atoms with Crippen LogP contribution < -0.4 is 0 Å². The molecule has 0 radical (unpaired) electrons. The molecule has 0 fully saturated rings. The predicted octanol–water partition coefficient (Wildman–Crippen LogP) is 3.11. The fraction of sp³-hybridized carbons (Fsp3) is 0.375. The molecule has 0 atom stereocenters. The third-order valence-electron chi connectivity index (χ3n) is 1.95. The van der Waals surface area contributed by atoms with Crippen LogP contribution in [-0.2, 0) is 12.2 Å². The summed E-state index contributed by atoms with van der Waals surface area (Å²) in [6.45, 7) is 0. The fourth-order valence-electron chi connectivity index (χ4n) is 1.35. The van der Waals surface area contributed by atoms with E-state index in [1.165, 1.54) is 11.1 Å². The zero-order chi connectivity index (χ0) is 8.55. The number of carbonyl (C=O) groups excluding carboxylic acids is 1. The average Bonchev–Trinajstić information content (AvgIpc) is 2.44. The summed E-state index contributed by atoms with van der Waals surface area (Å²) < 4.78 is 1.15. The van der Waals surface area contributed by atoms with Gasteiger partial charge in [0.1, 0.15) is 0 Å². The van der Waals surface area contributed by atoms with Gasteiger partial charge in [0, 0.05) is 5.75 Å². The summed E-state index contributed by atoms with van der Waals surface area (Å²) in [5.74, 6) is 2.21. The molecule has 4 heteroatoms. The number of rotatable bonds is 1. The SMILES string of the molecule is O=Cc1sc(Br)c2c1CCSC2. The van der Waals surface area contributed by atoms with Crippen molar-refractivity contribution >= 4 is 45.3 Å². The summed E-state index contributed by atoms with van der Waals surface area (Å²) >= 11 is 6.99. The Balaban J connectivity index is 2.53. The first-order valence-corrected chi connectivity index (χ1v) is 6.42. The predicted molar refractivity (Wildman–Crippen MR) is 57.3 cm³/mol. The molecule has 1 aliphatic heterocycles. The molecule has 0 N–H and O–H groups in total. The third-order valence-corrected chi connectivity index (χ3v) is 4.89. The monoisotopic (exact) mass is 262 g/mol. The number of thioether (sulfide) groups is 1. The molecule has 0 saturated heterocycles. The van der Waals surface area contributed by atoms with Gasteiger partial charge in [-0.2, -0.15) is 11.8 Å². The topological polar surface area (TPSA) is 17.1 Å². The molecule has 0 amide bonds. The van der Waals surface area contributed by atoms with Gasteiger partial charge in [0.15, 0.2) is 6.29 Å². The molecular weight excluding hydrogens is 256 g/mol. The van der Waals surface area contributed by atoms with Crippen molar-refractivity contribution in [2.24, 2.45) is 0 Å². The molecule has 0 saturated carbocycles. The van der Waals surface area contributed by atoms with Gasteiger partial charge in [-0.3, -0.25) is 4.79 Å². The maximum absolute atomic E-state index is 10.7. The van der Waals surface area contributed by atoms with E-state index in [9.17, 15) is 4.79 Å². The van der Waals surface area contributed by atoms with Gasteiger partial charge in [-0.15, -0.1) is 11.3 Å². The van der Waals surface area contributed by atoms with Crippen molar-refractivity contribution in [1.82, 2.24) is 0 Å². The highest BCUT2D eigenvalue weighted by Gasteiger charge is 2.19. The van der Waals surface area contributed by atoms with Gasteiger partial charge in [0.25, 0.3) is 0 Å². The first kappa shape index (κ1) is 8.78. The third kappa shape index (κ3) is 1.36. The highest BCUT2D eigenvalue weighted by atomic mass is 79.9. The zero-order valence-corrected chi connectivity index (χ0v) is 9.52. The number of thiophene rings is 1. The second kappa shape index (κ2) is 3.52. The van der Waals surface area contributed by atoms with Gasteiger partial charge in [0.05, 0.1) is 8.66 Å². The van der Waals surface area contributed by atoms with Crippen LogP contribution in [0.3, 0.4) is 0 Å². The Morgan fingerprint density at radius 2 is 2.25 bits per heavy atom. The highest BCUT2D eigenvalue weighted by molar-refractivity contribution is 9.11. The Kier molecular flexibility index (Phi) is 2.57. The van der Waals surface area contributed by atoms with Crippen molar-refractivity contribution in [3.63, 3.8) is 0 Å². The molecule has 1 aromatic heterocycles. The van der Waals surface area contributed by atoms with E-state index in [1.54, 1.807) is 11.3 Å². The van der Waals surface area contributed by atoms with Crippen LogP contribution in [0.5, 0.6) is 0 Å². The number of fused-ring (bicyclic) bond motifs is 1. The molecule has 64 valence electrons. The number of hydrogen-bond acceptors (Lipinski definition) is 3. The minimum atomic E-state index is 0.914. The van der Waals surface area contributed by atoms with E-state index < -0.39 is 0 Å². The summed E-state index contributed by atoms with van der Waals surface area (Å²) in [6, 6.07) is 0. The lowest BCUT2D eigenvalue weighted by atomic mass is 10.1. The van der Waals surface area contributed by atoms with Crippen LogP contribution in [0.1, 0.15) is 20.8 Å². The van der Waals surface area contributed by atoms with Crippen molar-refractivity contribution in [1.29, 1.82) is 0 Å². The van der Waals surface area contributed by atoms with Crippen molar-refractivity contribution in [2.75, 3.05) is 5.75 Å². The van der Waals surface area contributed by atoms with Crippen LogP contribution in [-0.4, -0.2) is 12.0 Å². The molecular formula is C8H7BrOS2.